The minimum atomic E-state index is -0.108. The maximum Gasteiger partial charge on any atom is 0.163 e. The third kappa shape index (κ3) is 3.81. The van der Waals surface area contributed by atoms with Crippen LogP contribution < -0.4 is 10.6 Å². The van der Waals surface area contributed by atoms with Gasteiger partial charge in [0, 0.05) is 22.6 Å². The van der Waals surface area contributed by atoms with Crippen molar-refractivity contribution in [2.24, 2.45) is 0 Å². The molecule has 0 amide bonds. The SMILES string of the molecule is CC(C)(C)c1ccc([C@@H]2CC(=O)C3=C(C2)Nc2ccccc2N[C@@H]3c2cccs2)cc1. The number of benzene rings is 2. The Bertz CT molecular complexity index is 1140. The molecule has 4 heteroatoms. The van der Waals surface area contributed by atoms with Gasteiger partial charge in [0.05, 0.1) is 17.4 Å². The van der Waals surface area contributed by atoms with Crippen molar-refractivity contribution >= 4 is 28.5 Å². The first-order chi connectivity index (χ1) is 14.9. The van der Waals surface area contributed by atoms with Gasteiger partial charge in [-0.2, -0.15) is 0 Å². The molecule has 2 heterocycles. The molecule has 3 aromatic rings. The first-order valence-corrected chi connectivity index (χ1v) is 11.8. The molecule has 5 rings (SSSR count). The van der Waals surface area contributed by atoms with Gasteiger partial charge in [-0.3, -0.25) is 4.79 Å². The number of hydrogen-bond donors (Lipinski definition) is 2. The zero-order valence-electron chi connectivity index (χ0n) is 18.2. The number of allylic oxidation sites excluding steroid dienone is 1. The molecular weight excluding hydrogens is 400 g/mol. The summed E-state index contributed by atoms with van der Waals surface area (Å²) in [5, 5.41) is 9.34. The maximum absolute atomic E-state index is 13.5. The molecule has 2 N–H and O–H groups in total. The van der Waals surface area contributed by atoms with Crippen LogP contribution in [0, 0.1) is 0 Å². The number of carbonyl (C=O) groups excluding carboxylic acids is 1. The number of nitrogens with one attached hydrogen (secondary N) is 2. The van der Waals surface area contributed by atoms with Gasteiger partial charge in [0.15, 0.2) is 5.78 Å². The highest BCUT2D eigenvalue weighted by Crippen LogP contribution is 2.45. The molecule has 3 nitrogen and oxygen atoms in total. The number of Topliss-reactive ketones (excluding diaryl/α,β-unsaturated/α-hetero) is 1. The predicted octanol–water partition coefficient (Wildman–Crippen LogP) is 7.03. The monoisotopic (exact) mass is 428 g/mol. The molecule has 0 unspecified atom stereocenters. The minimum absolute atomic E-state index is 0.108. The second kappa shape index (κ2) is 7.69. The highest BCUT2D eigenvalue weighted by Gasteiger charge is 2.36. The van der Waals surface area contributed by atoms with Gasteiger partial charge in [-0.25, -0.2) is 0 Å². The van der Waals surface area contributed by atoms with Crippen LogP contribution in [0.1, 0.15) is 61.6 Å². The summed E-state index contributed by atoms with van der Waals surface area (Å²) in [6.07, 6.45) is 1.39. The summed E-state index contributed by atoms with van der Waals surface area (Å²) < 4.78 is 0. The first kappa shape index (κ1) is 20.1. The van der Waals surface area contributed by atoms with E-state index in [2.05, 4.69) is 85.3 Å². The van der Waals surface area contributed by atoms with Gasteiger partial charge in [0.2, 0.25) is 0 Å². The fourth-order valence-corrected chi connectivity index (χ4v) is 5.44. The zero-order valence-corrected chi connectivity index (χ0v) is 19.1. The summed E-state index contributed by atoms with van der Waals surface area (Å²) in [5.41, 5.74) is 6.70. The lowest BCUT2D eigenvalue weighted by atomic mass is 9.78. The molecule has 1 aliphatic carbocycles. The van der Waals surface area contributed by atoms with Crippen LogP contribution in [0.3, 0.4) is 0 Å². The van der Waals surface area contributed by atoms with E-state index in [0.29, 0.717) is 6.42 Å². The van der Waals surface area contributed by atoms with E-state index < -0.39 is 0 Å². The summed E-state index contributed by atoms with van der Waals surface area (Å²) in [6.45, 7) is 6.69. The van der Waals surface area contributed by atoms with Gasteiger partial charge in [0.1, 0.15) is 0 Å². The Morgan fingerprint density at radius 1 is 0.903 bits per heavy atom. The molecule has 2 aliphatic rings. The summed E-state index contributed by atoms with van der Waals surface area (Å²) in [4.78, 5) is 14.7. The Morgan fingerprint density at radius 3 is 2.32 bits per heavy atom. The molecule has 2 atom stereocenters. The Hall–Kier alpha value is -2.85. The fourth-order valence-electron chi connectivity index (χ4n) is 4.65. The molecule has 0 bridgehead atoms. The second-order valence-electron chi connectivity index (χ2n) is 9.56. The summed E-state index contributed by atoms with van der Waals surface area (Å²) in [6, 6.07) is 21.1. The number of fused-ring (bicyclic) bond motifs is 1. The Kier molecular flexibility index (Phi) is 4.98. The second-order valence-corrected chi connectivity index (χ2v) is 10.5. The lowest BCUT2D eigenvalue weighted by Crippen LogP contribution is -2.26. The van der Waals surface area contributed by atoms with E-state index in [0.717, 1.165) is 29.1 Å². The van der Waals surface area contributed by atoms with Crippen molar-refractivity contribution in [1.82, 2.24) is 0 Å². The molecule has 0 saturated carbocycles. The minimum Gasteiger partial charge on any atom is -0.372 e. The fraction of sp³-hybridized carbons (Fsp3) is 0.296. The van der Waals surface area contributed by atoms with Crippen LogP contribution in [0.25, 0.3) is 0 Å². The summed E-state index contributed by atoms with van der Waals surface area (Å²) in [7, 11) is 0. The molecule has 0 radical (unpaired) electrons. The highest BCUT2D eigenvalue weighted by molar-refractivity contribution is 7.10. The number of para-hydroxylation sites is 2. The Labute approximate surface area is 188 Å². The number of thiophene rings is 1. The number of carbonyl (C=O) groups is 1. The van der Waals surface area contributed by atoms with Gasteiger partial charge in [-0.1, -0.05) is 63.2 Å². The van der Waals surface area contributed by atoms with Gasteiger partial charge < -0.3 is 10.6 Å². The van der Waals surface area contributed by atoms with E-state index in [4.69, 9.17) is 0 Å². The molecule has 1 aromatic heterocycles. The molecule has 0 spiro atoms. The van der Waals surface area contributed by atoms with Crippen molar-refractivity contribution in [2.75, 3.05) is 10.6 Å². The third-order valence-electron chi connectivity index (χ3n) is 6.38. The molecule has 0 fully saturated rings. The smallest absolute Gasteiger partial charge is 0.163 e. The van der Waals surface area contributed by atoms with Crippen molar-refractivity contribution < 1.29 is 4.79 Å². The van der Waals surface area contributed by atoms with Crippen LogP contribution in [0.4, 0.5) is 11.4 Å². The van der Waals surface area contributed by atoms with Gasteiger partial charge in [-0.05, 0) is 52.5 Å². The van der Waals surface area contributed by atoms with E-state index in [1.54, 1.807) is 11.3 Å². The average Bonchev–Trinajstić information content (AvgIpc) is 3.22. The number of hydrogen-bond acceptors (Lipinski definition) is 4. The first-order valence-electron chi connectivity index (χ1n) is 10.9. The quantitative estimate of drug-likeness (QED) is 0.460. The summed E-state index contributed by atoms with van der Waals surface area (Å²) in [5.74, 6) is 0.430. The normalized spacial score (nSPS) is 20.9. The Balaban J connectivity index is 1.53. The largest absolute Gasteiger partial charge is 0.372 e. The molecule has 158 valence electrons. The van der Waals surface area contributed by atoms with Crippen LogP contribution in [0.15, 0.2) is 77.3 Å². The number of ketones is 1. The molecule has 1 aliphatic heterocycles. The van der Waals surface area contributed by atoms with E-state index >= 15 is 0 Å². The van der Waals surface area contributed by atoms with Crippen LogP contribution >= 0.6 is 11.3 Å². The molecular formula is C27H28N2OS. The van der Waals surface area contributed by atoms with E-state index in [1.165, 1.54) is 16.0 Å². The predicted molar refractivity (Wildman–Crippen MR) is 130 cm³/mol. The third-order valence-corrected chi connectivity index (χ3v) is 7.32. The molecule has 31 heavy (non-hydrogen) atoms. The maximum atomic E-state index is 13.5. The van der Waals surface area contributed by atoms with Crippen LogP contribution in [-0.2, 0) is 10.2 Å². The van der Waals surface area contributed by atoms with E-state index in [-0.39, 0.29) is 23.2 Å². The number of rotatable bonds is 2. The topological polar surface area (TPSA) is 41.1 Å². The lowest BCUT2D eigenvalue weighted by Gasteiger charge is -2.29. The zero-order chi connectivity index (χ0) is 21.6. The van der Waals surface area contributed by atoms with Gasteiger partial charge >= 0.3 is 0 Å². The van der Waals surface area contributed by atoms with Crippen LogP contribution in [0.5, 0.6) is 0 Å². The van der Waals surface area contributed by atoms with Gasteiger partial charge in [-0.15, -0.1) is 11.3 Å². The Morgan fingerprint density at radius 2 is 1.65 bits per heavy atom. The molecule has 0 saturated heterocycles. The summed E-state index contributed by atoms with van der Waals surface area (Å²) >= 11 is 1.70. The standard InChI is InChI=1S/C27H28N2OS/c1-27(2,3)19-12-10-17(11-13-19)18-15-22-25(23(30)16-18)26(24-9-6-14-31-24)29-21-8-5-4-7-20(21)28-22/h4-14,18,26,28-29H,15-16H2,1-3H3/t18-,26+/m0/s1. The van der Waals surface area contributed by atoms with E-state index in [1.807, 2.05) is 12.1 Å². The average molecular weight is 429 g/mol. The van der Waals surface area contributed by atoms with Crippen LogP contribution in [0.2, 0.25) is 0 Å². The van der Waals surface area contributed by atoms with Crippen molar-refractivity contribution in [3.63, 3.8) is 0 Å². The van der Waals surface area contributed by atoms with Crippen molar-refractivity contribution in [3.05, 3.63) is 93.3 Å². The highest BCUT2D eigenvalue weighted by atomic mass is 32.1. The van der Waals surface area contributed by atoms with E-state index in [9.17, 15) is 4.79 Å². The lowest BCUT2D eigenvalue weighted by molar-refractivity contribution is -0.116. The van der Waals surface area contributed by atoms with Crippen molar-refractivity contribution in [3.8, 4) is 0 Å². The molecule has 2 aromatic carbocycles. The number of anilines is 2. The van der Waals surface area contributed by atoms with Crippen LogP contribution in [-0.4, -0.2) is 5.78 Å². The van der Waals surface area contributed by atoms with Crippen molar-refractivity contribution in [1.29, 1.82) is 0 Å². The van der Waals surface area contributed by atoms with Gasteiger partial charge in [0.25, 0.3) is 0 Å². The van der Waals surface area contributed by atoms with Crippen molar-refractivity contribution in [2.45, 2.75) is 51.0 Å².